The lowest BCUT2D eigenvalue weighted by molar-refractivity contribution is -0.140. The van der Waals surface area contributed by atoms with Gasteiger partial charge in [0.05, 0.1) is 25.7 Å². The van der Waals surface area contributed by atoms with E-state index in [9.17, 15) is 13.2 Å². The number of methoxy groups -OCH3 is 1. The van der Waals surface area contributed by atoms with Crippen molar-refractivity contribution in [2.45, 2.75) is 26.3 Å². The van der Waals surface area contributed by atoms with Crippen molar-refractivity contribution in [3.05, 3.63) is 24.2 Å². The highest BCUT2D eigenvalue weighted by molar-refractivity contribution is 7.89. The number of sulfonamides is 1. The molecule has 1 heterocycles. The highest BCUT2D eigenvalue weighted by atomic mass is 32.2. The number of nitrogens with zero attached hydrogens (tertiary/aromatic N) is 1. The second-order valence-electron chi connectivity index (χ2n) is 4.00. The van der Waals surface area contributed by atoms with Gasteiger partial charge < -0.3 is 9.15 Å². The summed E-state index contributed by atoms with van der Waals surface area (Å²) in [6.07, 6.45) is 1.87. The third-order valence-electron chi connectivity index (χ3n) is 2.67. The minimum Gasteiger partial charge on any atom is -0.469 e. The summed E-state index contributed by atoms with van der Waals surface area (Å²) in [7, 11) is -2.10. The molecule has 0 fully saturated rings. The molecule has 7 heteroatoms. The van der Waals surface area contributed by atoms with Crippen molar-refractivity contribution in [3.8, 4) is 0 Å². The van der Waals surface area contributed by atoms with Crippen LogP contribution in [0, 0.1) is 0 Å². The first-order valence-electron chi connectivity index (χ1n) is 6.06. The van der Waals surface area contributed by atoms with Gasteiger partial charge in [0.1, 0.15) is 5.76 Å². The Morgan fingerprint density at radius 3 is 2.74 bits per heavy atom. The van der Waals surface area contributed by atoms with Gasteiger partial charge in [0.25, 0.3) is 0 Å². The van der Waals surface area contributed by atoms with Gasteiger partial charge in [-0.2, -0.15) is 4.31 Å². The van der Waals surface area contributed by atoms with Crippen molar-refractivity contribution in [1.82, 2.24) is 4.31 Å². The molecular weight excluding hydrogens is 270 g/mol. The van der Waals surface area contributed by atoms with Gasteiger partial charge in [0.2, 0.25) is 10.0 Å². The Hall–Kier alpha value is -1.34. The average Bonchev–Trinajstić information content (AvgIpc) is 2.88. The van der Waals surface area contributed by atoms with Crippen LogP contribution in [0.25, 0.3) is 0 Å². The van der Waals surface area contributed by atoms with Crippen LogP contribution in [0.15, 0.2) is 22.8 Å². The lowest BCUT2D eigenvalue weighted by Crippen LogP contribution is -2.32. The number of furan rings is 1. The fraction of sp³-hybridized carbons (Fsp3) is 0.583. The first-order chi connectivity index (χ1) is 8.99. The zero-order valence-corrected chi connectivity index (χ0v) is 12.0. The molecule has 0 N–H and O–H groups in total. The van der Waals surface area contributed by atoms with Crippen LogP contribution in [0.2, 0.25) is 0 Å². The molecule has 0 aliphatic heterocycles. The number of carbonyl (C=O) groups is 1. The smallest absolute Gasteiger partial charge is 0.305 e. The van der Waals surface area contributed by atoms with Gasteiger partial charge in [-0.25, -0.2) is 8.42 Å². The Balaban J connectivity index is 2.55. The summed E-state index contributed by atoms with van der Waals surface area (Å²) in [6.45, 7) is 2.34. The quantitative estimate of drug-likeness (QED) is 0.676. The van der Waals surface area contributed by atoms with Gasteiger partial charge in [0, 0.05) is 13.0 Å². The van der Waals surface area contributed by atoms with E-state index in [0.717, 1.165) is 0 Å². The van der Waals surface area contributed by atoms with Gasteiger partial charge >= 0.3 is 5.97 Å². The number of hydrogen-bond acceptors (Lipinski definition) is 5. The number of carbonyl (C=O) groups excluding carboxylic acids is 1. The molecule has 0 radical (unpaired) electrons. The fourth-order valence-electron chi connectivity index (χ4n) is 1.61. The molecule has 0 bridgehead atoms. The summed E-state index contributed by atoms with van der Waals surface area (Å²) in [5, 5.41) is 0. The lowest BCUT2D eigenvalue weighted by Gasteiger charge is -2.19. The predicted octanol–water partition coefficient (Wildman–Crippen LogP) is 1.38. The summed E-state index contributed by atoms with van der Waals surface area (Å²) in [5.74, 6) is 0.124. The summed E-state index contributed by atoms with van der Waals surface area (Å²) in [5.41, 5.74) is 0. The molecule has 0 saturated heterocycles. The summed E-state index contributed by atoms with van der Waals surface area (Å²) >= 11 is 0. The zero-order valence-electron chi connectivity index (χ0n) is 11.2. The molecule has 1 rings (SSSR count). The zero-order chi connectivity index (χ0) is 14.3. The van der Waals surface area contributed by atoms with E-state index >= 15 is 0 Å². The highest BCUT2D eigenvalue weighted by Gasteiger charge is 2.21. The van der Waals surface area contributed by atoms with Crippen LogP contribution in [-0.4, -0.2) is 38.1 Å². The highest BCUT2D eigenvalue weighted by Crippen LogP contribution is 2.11. The Bertz CT molecular complexity index is 480. The van der Waals surface area contributed by atoms with E-state index in [1.54, 1.807) is 19.1 Å². The van der Waals surface area contributed by atoms with E-state index in [0.29, 0.717) is 12.3 Å². The number of ether oxygens (including phenoxy) is 1. The van der Waals surface area contributed by atoms with Gasteiger partial charge in [-0.3, -0.25) is 4.79 Å². The molecule has 1 aromatic heterocycles. The van der Waals surface area contributed by atoms with E-state index in [1.807, 2.05) is 0 Å². The molecule has 0 aromatic carbocycles. The predicted molar refractivity (Wildman–Crippen MR) is 69.8 cm³/mol. The van der Waals surface area contributed by atoms with Crippen LogP contribution in [-0.2, 0) is 26.1 Å². The monoisotopic (exact) mass is 289 g/mol. The van der Waals surface area contributed by atoms with Crippen LogP contribution >= 0.6 is 0 Å². The first-order valence-corrected chi connectivity index (χ1v) is 7.67. The third kappa shape index (κ3) is 5.04. The van der Waals surface area contributed by atoms with E-state index in [1.165, 1.54) is 17.7 Å². The molecular formula is C12H19NO5S. The van der Waals surface area contributed by atoms with Gasteiger partial charge in [-0.15, -0.1) is 0 Å². The number of esters is 1. The van der Waals surface area contributed by atoms with E-state index in [-0.39, 0.29) is 25.1 Å². The van der Waals surface area contributed by atoms with Crippen LogP contribution in [0.3, 0.4) is 0 Å². The molecule has 1 aromatic rings. The number of rotatable bonds is 8. The average molecular weight is 289 g/mol. The van der Waals surface area contributed by atoms with Crippen molar-refractivity contribution >= 4 is 16.0 Å². The van der Waals surface area contributed by atoms with E-state index < -0.39 is 16.0 Å². The van der Waals surface area contributed by atoms with Crippen molar-refractivity contribution in [2.75, 3.05) is 19.4 Å². The Kier molecular flexibility index (Phi) is 6.04. The molecule has 19 heavy (non-hydrogen) atoms. The summed E-state index contributed by atoms with van der Waals surface area (Å²) in [4.78, 5) is 10.9. The van der Waals surface area contributed by atoms with E-state index in [4.69, 9.17) is 4.42 Å². The molecule has 108 valence electrons. The van der Waals surface area contributed by atoms with E-state index in [2.05, 4.69) is 4.74 Å². The SMILES string of the molecule is CCN(Cc1ccco1)S(=O)(=O)CCCC(=O)OC. The van der Waals surface area contributed by atoms with Gasteiger partial charge in [-0.1, -0.05) is 6.92 Å². The largest absolute Gasteiger partial charge is 0.469 e. The summed E-state index contributed by atoms with van der Waals surface area (Å²) in [6, 6.07) is 3.44. The second-order valence-corrected chi connectivity index (χ2v) is 6.09. The maximum absolute atomic E-state index is 12.1. The maximum Gasteiger partial charge on any atom is 0.305 e. The molecule has 0 spiro atoms. The lowest BCUT2D eigenvalue weighted by atomic mass is 10.3. The maximum atomic E-state index is 12.1. The van der Waals surface area contributed by atoms with Crippen molar-refractivity contribution in [2.24, 2.45) is 0 Å². The van der Waals surface area contributed by atoms with Crippen LogP contribution in [0.4, 0.5) is 0 Å². The fourth-order valence-corrected chi connectivity index (χ4v) is 3.10. The molecule has 0 atom stereocenters. The molecule has 0 aliphatic rings. The van der Waals surface area contributed by atoms with Crippen molar-refractivity contribution in [1.29, 1.82) is 0 Å². The van der Waals surface area contributed by atoms with Gasteiger partial charge in [-0.05, 0) is 18.6 Å². The topological polar surface area (TPSA) is 76.8 Å². The molecule has 0 saturated carbocycles. The van der Waals surface area contributed by atoms with Crippen molar-refractivity contribution < 1.29 is 22.4 Å². The minimum atomic E-state index is -3.39. The third-order valence-corrected chi connectivity index (χ3v) is 4.65. The second kappa shape index (κ2) is 7.30. The molecule has 6 nitrogen and oxygen atoms in total. The van der Waals surface area contributed by atoms with Crippen molar-refractivity contribution in [3.63, 3.8) is 0 Å². The minimum absolute atomic E-state index is 0.0728. The van der Waals surface area contributed by atoms with Gasteiger partial charge in [0.15, 0.2) is 0 Å². The molecule has 0 unspecified atom stereocenters. The first kappa shape index (κ1) is 15.7. The molecule has 0 amide bonds. The number of hydrogen-bond donors (Lipinski definition) is 0. The Labute approximate surface area is 113 Å². The van der Waals surface area contributed by atoms with Crippen LogP contribution in [0.1, 0.15) is 25.5 Å². The Morgan fingerprint density at radius 2 is 2.21 bits per heavy atom. The molecule has 0 aliphatic carbocycles. The standard InChI is InChI=1S/C12H19NO5S/c1-3-13(10-11-6-4-8-18-11)19(15,16)9-5-7-12(14)17-2/h4,6,8H,3,5,7,9-10H2,1-2H3. The van der Waals surface area contributed by atoms with Crippen LogP contribution < -0.4 is 0 Å². The summed E-state index contributed by atoms with van der Waals surface area (Å²) < 4.78 is 35.1. The normalized spacial score (nSPS) is 11.7. The Morgan fingerprint density at radius 1 is 1.47 bits per heavy atom. The van der Waals surface area contributed by atoms with Crippen LogP contribution in [0.5, 0.6) is 0 Å².